The number of nitrogens with one attached hydrogen (secondary N) is 1. The smallest absolute Gasteiger partial charge is 0.302 e. The molecular formula is C14H17F3N2OS. The minimum Gasteiger partial charge on any atom is -0.399 e. The van der Waals surface area contributed by atoms with Crippen molar-refractivity contribution in [2.45, 2.75) is 37.8 Å². The lowest BCUT2D eigenvalue weighted by Crippen LogP contribution is -2.62. The zero-order valence-electron chi connectivity index (χ0n) is 12.0. The molecule has 0 aromatic heterocycles. The lowest BCUT2D eigenvalue weighted by atomic mass is 9.77. The molecule has 1 atom stereocenters. The predicted octanol–water partition coefficient (Wildman–Crippen LogP) is 2.98. The molecule has 3 nitrogen and oxygen atoms in total. The van der Waals surface area contributed by atoms with Crippen LogP contribution in [0.1, 0.15) is 26.3 Å². The van der Waals surface area contributed by atoms with E-state index < -0.39 is 22.9 Å². The van der Waals surface area contributed by atoms with Crippen LogP contribution in [0.3, 0.4) is 0 Å². The van der Waals surface area contributed by atoms with E-state index in [0.29, 0.717) is 0 Å². The second-order valence-electron chi connectivity index (χ2n) is 5.79. The van der Waals surface area contributed by atoms with Crippen molar-refractivity contribution in [3.63, 3.8) is 0 Å². The van der Waals surface area contributed by atoms with Gasteiger partial charge in [-0.15, -0.1) is 0 Å². The van der Waals surface area contributed by atoms with Gasteiger partial charge in [-0.05, 0) is 39.0 Å². The van der Waals surface area contributed by atoms with Gasteiger partial charge in [-0.25, -0.2) is 13.2 Å². The van der Waals surface area contributed by atoms with Gasteiger partial charge < -0.3 is 15.8 Å². The van der Waals surface area contributed by atoms with Gasteiger partial charge in [0.2, 0.25) is 0 Å². The Morgan fingerprint density at radius 2 is 1.90 bits per heavy atom. The summed E-state index contributed by atoms with van der Waals surface area (Å²) < 4.78 is 49.4. The van der Waals surface area contributed by atoms with E-state index in [4.69, 9.17) is 22.7 Å². The van der Waals surface area contributed by atoms with Crippen LogP contribution in [0.15, 0.2) is 18.2 Å². The van der Waals surface area contributed by atoms with E-state index in [1.54, 1.807) is 0 Å². The lowest BCUT2D eigenvalue weighted by Gasteiger charge is -2.43. The summed E-state index contributed by atoms with van der Waals surface area (Å²) in [6.45, 7) is 3.56. The highest BCUT2D eigenvalue weighted by atomic mass is 32.1. The van der Waals surface area contributed by atoms with E-state index in [9.17, 15) is 4.39 Å². The molecule has 0 amide bonds. The summed E-state index contributed by atoms with van der Waals surface area (Å²) in [7, 11) is 0. The standard InChI is InChI=1S/C14H17F3N2OS/c1-12(2)14(16,17)13(3,19-11(21)7-20-12)9-6-8(18)4-5-10(9)15/h4-6H,7,18H2,1-3H3,(H,19,21)/t13-/m1/s1. The maximum atomic E-state index is 15.0. The van der Waals surface area contributed by atoms with E-state index in [1.165, 1.54) is 32.9 Å². The first-order valence-corrected chi connectivity index (χ1v) is 6.80. The van der Waals surface area contributed by atoms with E-state index >= 15 is 8.78 Å². The summed E-state index contributed by atoms with van der Waals surface area (Å²) in [5.74, 6) is -4.21. The van der Waals surface area contributed by atoms with Gasteiger partial charge in [0.1, 0.15) is 21.9 Å². The first kappa shape index (κ1) is 16.0. The summed E-state index contributed by atoms with van der Waals surface area (Å²) >= 11 is 5.00. The number of halogens is 3. The first-order valence-electron chi connectivity index (χ1n) is 6.39. The van der Waals surface area contributed by atoms with Gasteiger partial charge in [-0.2, -0.15) is 0 Å². The maximum absolute atomic E-state index is 15.0. The molecule has 1 heterocycles. The van der Waals surface area contributed by atoms with E-state index in [-0.39, 0.29) is 22.8 Å². The van der Waals surface area contributed by atoms with Crippen molar-refractivity contribution >= 4 is 22.9 Å². The van der Waals surface area contributed by atoms with Crippen LogP contribution < -0.4 is 11.1 Å². The topological polar surface area (TPSA) is 47.3 Å². The molecule has 0 spiro atoms. The van der Waals surface area contributed by atoms with Crippen LogP contribution in [-0.2, 0) is 10.3 Å². The van der Waals surface area contributed by atoms with Crippen LogP contribution >= 0.6 is 12.2 Å². The molecule has 0 unspecified atom stereocenters. The summed E-state index contributed by atoms with van der Waals surface area (Å²) in [5, 5.41) is 2.55. The molecule has 0 bridgehead atoms. The van der Waals surface area contributed by atoms with Gasteiger partial charge in [0.15, 0.2) is 0 Å². The highest BCUT2D eigenvalue weighted by Crippen LogP contribution is 2.48. The maximum Gasteiger partial charge on any atom is 0.302 e. The number of hydrogen-bond donors (Lipinski definition) is 2. The molecule has 1 aliphatic rings. The zero-order chi connectivity index (χ0) is 16.1. The third-order valence-corrected chi connectivity index (χ3v) is 4.09. The Morgan fingerprint density at radius 3 is 2.52 bits per heavy atom. The fourth-order valence-electron chi connectivity index (χ4n) is 2.49. The second kappa shape index (κ2) is 4.84. The van der Waals surface area contributed by atoms with Crippen molar-refractivity contribution < 1.29 is 17.9 Å². The summed E-state index contributed by atoms with van der Waals surface area (Å²) in [5.41, 5.74) is 1.68. The van der Waals surface area contributed by atoms with Crippen LogP contribution in [0.5, 0.6) is 0 Å². The number of nitrogens with two attached hydrogens (primary N) is 1. The quantitative estimate of drug-likeness (QED) is 0.617. The highest BCUT2D eigenvalue weighted by molar-refractivity contribution is 7.80. The zero-order valence-corrected chi connectivity index (χ0v) is 12.8. The Kier molecular flexibility index (Phi) is 3.70. The molecule has 0 radical (unpaired) electrons. The number of hydrogen-bond acceptors (Lipinski definition) is 3. The Bertz CT molecular complexity index is 592. The number of benzene rings is 1. The Labute approximate surface area is 126 Å². The van der Waals surface area contributed by atoms with Crippen molar-refractivity contribution in [1.82, 2.24) is 5.32 Å². The highest BCUT2D eigenvalue weighted by Gasteiger charge is 2.64. The van der Waals surface area contributed by atoms with Crippen molar-refractivity contribution in [2.75, 3.05) is 12.3 Å². The Hall–Kier alpha value is -1.34. The SMILES string of the molecule is CC1(C)OCC(=S)N[C@](C)(c2cc(N)ccc2F)C1(F)F. The van der Waals surface area contributed by atoms with E-state index in [0.717, 1.165) is 6.07 Å². The van der Waals surface area contributed by atoms with Crippen LogP contribution in [0.25, 0.3) is 0 Å². The third-order valence-electron chi connectivity index (χ3n) is 3.87. The van der Waals surface area contributed by atoms with Crippen LogP contribution in [-0.4, -0.2) is 23.1 Å². The fourth-order valence-corrected chi connectivity index (χ4v) is 2.76. The minimum absolute atomic E-state index is 0.0876. The second-order valence-corrected chi connectivity index (χ2v) is 6.28. The van der Waals surface area contributed by atoms with Gasteiger partial charge in [0.05, 0.1) is 6.61 Å². The number of nitrogen functional groups attached to an aromatic ring is 1. The predicted molar refractivity (Wildman–Crippen MR) is 78.9 cm³/mol. The molecule has 2 rings (SSSR count). The Morgan fingerprint density at radius 1 is 1.29 bits per heavy atom. The number of thiocarbonyl (C=S) groups is 1. The van der Waals surface area contributed by atoms with Gasteiger partial charge in [0, 0.05) is 11.3 Å². The largest absolute Gasteiger partial charge is 0.399 e. The molecule has 1 fully saturated rings. The molecule has 0 aliphatic carbocycles. The van der Waals surface area contributed by atoms with Crippen molar-refractivity contribution in [1.29, 1.82) is 0 Å². The first-order chi connectivity index (χ1) is 9.51. The van der Waals surface area contributed by atoms with Gasteiger partial charge in [0.25, 0.3) is 0 Å². The van der Waals surface area contributed by atoms with Crippen molar-refractivity contribution in [3.05, 3.63) is 29.6 Å². The molecule has 1 aromatic rings. The molecule has 1 saturated heterocycles. The van der Waals surface area contributed by atoms with Gasteiger partial charge >= 0.3 is 5.92 Å². The molecule has 1 aromatic carbocycles. The number of rotatable bonds is 1. The lowest BCUT2D eigenvalue weighted by molar-refractivity contribution is -0.216. The molecule has 7 heteroatoms. The third kappa shape index (κ3) is 2.38. The van der Waals surface area contributed by atoms with Crippen molar-refractivity contribution in [3.8, 4) is 0 Å². The molecule has 21 heavy (non-hydrogen) atoms. The van der Waals surface area contributed by atoms with E-state index in [1.807, 2.05) is 0 Å². The summed E-state index contributed by atoms with van der Waals surface area (Å²) in [6, 6.07) is 3.58. The van der Waals surface area contributed by atoms with E-state index in [2.05, 4.69) is 5.32 Å². The average Bonchev–Trinajstić information content (AvgIpc) is 2.43. The monoisotopic (exact) mass is 318 g/mol. The minimum atomic E-state index is -3.44. The summed E-state index contributed by atoms with van der Waals surface area (Å²) in [4.78, 5) is 0.0876. The molecule has 0 saturated carbocycles. The van der Waals surface area contributed by atoms with Crippen molar-refractivity contribution in [2.24, 2.45) is 0 Å². The van der Waals surface area contributed by atoms with Crippen LogP contribution in [0.2, 0.25) is 0 Å². The normalized spacial score (nSPS) is 27.8. The molecule has 116 valence electrons. The number of anilines is 1. The molecule has 3 N–H and O–H groups in total. The van der Waals surface area contributed by atoms with Crippen LogP contribution in [0.4, 0.5) is 18.9 Å². The van der Waals surface area contributed by atoms with Gasteiger partial charge in [-0.1, -0.05) is 12.2 Å². The number of alkyl halides is 2. The summed E-state index contributed by atoms with van der Waals surface area (Å²) in [6.07, 6.45) is 0. The van der Waals surface area contributed by atoms with Gasteiger partial charge in [-0.3, -0.25) is 0 Å². The fraction of sp³-hybridized carbons (Fsp3) is 0.500. The average molecular weight is 318 g/mol. The molecular weight excluding hydrogens is 301 g/mol. The molecule has 1 aliphatic heterocycles. The number of ether oxygens (including phenoxy) is 1. The Balaban J connectivity index is 2.70. The van der Waals surface area contributed by atoms with Crippen LogP contribution in [0, 0.1) is 5.82 Å².